The fraction of sp³-hybridized carbons (Fsp3) is 0.733. The van der Waals surface area contributed by atoms with E-state index < -0.39 is 10.0 Å². The van der Waals surface area contributed by atoms with Crippen molar-refractivity contribution >= 4 is 10.0 Å². The summed E-state index contributed by atoms with van der Waals surface area (Å²) in [5.41, 5.74) is 0.640. The Morgan fingerprint density at radius 1 is 1.29 bits per heavy atom. The van der Waals surface area contributed by atoms with E-state index in [9.17, 15) is 13.5 Å². The van der Waals surface area contributed by atoms with Gasteiger partial charge in [0, 0.05) is 30.0 Å². The van der Waals surface area contributed by atoms with Gasteiger partial charge in [-0.05, 0) is 46.6 Å². The monoisotopic (exact) mass is 314 g/mol. The number of aromatic nitrogens is 1. The zero-order valence-corrected chi connectivity index (χ0v) is 14.1. The van der Waals surface area contributed by atoms with Crippen LogP contribution in [-0.4, -0.2) is 34.5 Å². The molecule has 2 heterocycles. The average Bonchev–Trinajstić information content (AvgIpc) is 2.83. The van der Waals surface area contributed by atoms with Gasteiger partial charge in [0.25, 0.3) is 0 Å². The van der Waals surface area contributed by atoms with Crippen LogP contribution in [0.15, 0.2) is 17.2 Å². The molecule has 120 valence electrons. The molecule has 0 aromatic carbocycles. The molecule has 0 aliphatic carbocycles. The van der Waals surface area contributed by atoms with Crippen LogP contribution < -0.4 is 0 Å². The van der Waals surface area contributed by atoms with E-state index >= 15 is 0 Å². The Bertz CT molecular complexity index is 582. The molecule has 1 saturated heterocycles. The summed E-state index contributed by atoms with van der Waals surface area (Å²) in [4.78, 5) is 0.292. The molecular weight excluding hydrogens is 288 g/mol. The predicted octanol–water partition coefficient (Wildman–Crippen LogP) is 2.51. The van der Waals surface area contributed by atoms with Gasteiger partial charge in [0.2, 0.25) is 10.0 Å². The molecule has 1 aromatic heterocycles. The van der Waals surface area contributed by atoms with Gasteiger partial charge in [-0.25, -0.2) is 8.42 Å². The van der Waals surface area contributed by atoms with E-state index in [2.05, 4.69) is 0 Å². The molecule has 2 atom stereocenters. The topological polar surface area (TPSA) is 62.5 Å². The number of sulfonamides is 1. The molecule has 0 saturated carbocycles. The van der Waals surface area contributed by atoms with Crippen molar-refractivity contribution in [3.05, 3.63) is 18.0 Å². The quantitative estimate of drug-likeness (QED) is 0.929. The van der Waals surface area contributed by atoms with Gasteiger partial charge in [-0.3, -0.25) is 0 Å². The molecular formula is C15H26N2O3S. The van der Waals surface area contributed by atoms with Crippen molar-refractivity contribution in [2.24, 2.45) is 0 Å². The van der Waals surface area contributed by atoms with Crippen molar-refractivity contribution in [3.8, 4) is 0 Å². The molecule has 1 fully saturated rings. The normalized spacial score (nSPS) is 24.7. The van der Waals surface area contributed by atoms with E-state index in [0.717, 1.165) is 19.3 Å². The number of hydrogen-bond donors (Lipinski definition) is 1. The van der Waals surface area contributed by atoms with Crippen LogP contribution in [-0.2, 0) is 16.6 Å². The third kappa shape index (κ3) is 3.03. The number of piperidine rings is 1. The first-order valence-electron chi connectivity index (χ1n) is 7.64. The number of hydrogen-bond acceptors (Lipinski definition) is 3. The van der Waals surface area contributed by atoms with Crippen molar-refractivity contribution in [3.63, 3.8) is 0 Å². The van der Waals surface area contributed by atoms with E-state index in [-0.39, 0.29) is 24.7 Å². The van der Waals surface area contributed by atoms with Crippen molar-refractivity contribution in [1.82, 2.24) is 8.87 Å². The van der Waals surface area contributed by atoms with Crippen molar-refractivity contribution in [2.75, 3.05) is 0 Å². The highest BCUT2D eigenvalue weighted by Crippen LogP contribution is 2.31. The van der Waals surface area contributed by atoms with Gasteiger partial charge >= 0.3 is 0 Å². The first-order chi connectivity index (χ1) is 9.78. The van der Waals surface area contributed by atoms with Crippen LogP contribution in [0.3, 0.4) is 0 Å². The molecule has 21 heavy (non-hydrogen) atoms. The number of nitrogens with zero attached hydrogens (tertiary/aromatic N) is 2. The summed E-state index contributed by atoms with van der Waals surface area (Å²) < 4.78 is 29.3. The Balaban J connectivity index is 2.44. The molecule has 0 bridgehead atoms. The summed E-state index contributed by atoms with van der Waals surface area (Å²) in [5, 5.41) is 9.43. The summed E-state index contributed by atoms with van der Waals surface area (Å²) in [5.74, 6) is 0. The lowest BCUT2D eigenvalue weighted by molar-refractivity contribution is 0.204. The summed E-state index contributed by atoms with van der Waals surface area (Å²) in [6.45, 7) is 7.74. The van der Waals surface area contributed by atoms with Gasteiger partial charge in [-0.2, -0.15) is 4.31 Å². The zero-order valence-electron chi connectivity index (χ0n) is 13.3. The fourth-order valence-electron chi connectivity index (χ4n) is 3.24. The van der Waals surface area contributed by atoms with Crippen LogP contribution in [0.4, 0.5) is 0 Å². The molecule has 2 rings (SSSR count). The van der Waals surface area contributed by atoms with Crippen LogP contribution in [0.1, 0.15) is 58.7 Å². The standard InChI is InChI=1S/C15H26N2O3S/c1-11(2)16-9-15(8-14(16)10-18)21(19,20)17-12(3)6-5-7-13(17)4/h8-9,11-13,18H,5-7,10H2,1-4H3. The van der Waals surface area contributed by atoms with Crippen LogP contribution >= 0.6 is 0 Å². The van der Waals surface area contributed by atoms with Crippen LogP contribution in [0.5, 0.6) is 0 Å². The Hall–Kier alpha value is -0.850. The molecule has 5 nitrogen and oxygen atoms in total. The van der Waals surface area contributed by atoms with Gasteiger partial charge in [-0.1, -0.05) is 6.42 Å². The predicted molar refractivity (Wildman–Crippen MR) is 82.5 cm³/mol. The Kier molecular flexibility index (Phi) is 4.80. The van der Waals surface area contributed by atoms with E-state index in [1.54, 1.807) is 16.6 Å². The van der Waals surface area contributed by atoms with Gasteiger partial charge in [0.1, 0.15) is 4.90 Å². The van der Waals surface area contributed by atoms with E-state index in [1.807, 2.05) is 32.3 Å². The third-order valence-electron chi connectivity index (χ3n) is 4.31. The zero-order chi connectivity index (χ0) is 15.8. The fourth-order valence-corrected chi connectivity index (χ4v) is 5.17. The summed E-state index contributed by atoms with van der Waals surface area (Å²) in [6.07, 6.45) is 4.53. The van der Waals surface area contributed by atoms with Crippen molar-refractivity contribution < 1.29 is 13.5 Å². The highest BCUT2D eigenvalue weighted by Gasteiger charge is 2.36. The summed E-state index contributed by atoms with van der Waals surface area (Å²) in [7, 11) is -3.50. The maximum absolute atomic E-state index is 12.9. The van der Waals surface area contributed by atoms with E-state index in [1.165, 1.54) is 0 Å². The molecule has 0 radical (unpaired) electrons. The van der Waals surface area contributed by atoms with Gasteiger partial charge in [-0.15, -0.1) is 0 Å². The molecule has 6 heteroatoms. The Morgan fingerprint density at radius 3 is 2.29 bits per heavy atom. The molecule has 1 aliphatic heterocycles. The second-order valence-electron chi connectivity index (χ2n) is 6.29. The minimum Gasteiger partial charge on any atom is -0.390 e. The van der Waals surface area contributed by atoms with Gasteiger partial charge in [0.05, 0.1) is 6.61 Å². The highest BCUT2D eigenvalue weighted by molar-refractivity contribution is 7.89. The number of aliphatic hydroxyl groups is 1. The highest BCUT2D eigenvalue weighted by atomic mass is 32.2. The van der Waals surface area contributed by atoms with E-state index in [4.69, 9.17) is 0 Å². The first kappa shape index (κ1) is 16.5. The molecule has 1 aliphatic rings. The summed E-state index contributed by atoms with van der Waals surface area (Å²) in [6, 6.07) is 1.77. The summed E-state index contributed by atoms with van der Waals surface area (Å²) >= 11 is 0. The average molecular weight is 314 g/mol. The molecule has 1 aromatic rings. The lowest BCUT2D eigenvalue weighted by Gasteiger charge is -2.37. The Labute approximate surface area is 127 Å². The maximum atomic E-state index is 12.9. The molecule has 1 N–H and O–H groups in total. The third-order valence-corrected chi connectivity index (χ3v) is 6.41. The second kappa shape index (κ2) is 6.10. The van der Waals surface area contributed by atoms with Crippen molar-refractivity contribution in [1.29, 1.82) is 0 Å². The SMILES string of the molecule is CC1CCCC(C)N1S(=O)(=O)c1cc(CO)n(C(C)C)c1. The van der Waals surface area contributed by atoms with E-state index in [0.29, 0.717) is 10.6 Å². The largest absolute Gasteiger partial charge is 0.390 e. The lowest BCUT2D eigenvalue weighted by atomic mass is 10.0. The first-order valence-corrected chi connectivity index (χ1v) is 9.08. The molecule has 0 amide bonds. The molecule has 0 spiro atoms. The molecule has 2 unspecified atom stereocenters. The maximum Gasteiger partial charge on any atom is 0.245 e. The number of aliphatic hydroxyl groups excluding tert-OH is 1. The second-order valence-corrected chi connectivity index (χ2v) is 8.13. The Morgan fingerprint density at radius 2 is 1.86 bits per heavy atom. The van der Waals surface area contributed by atoms with Crippen molar-refractivity contribution in [2.45, 2.75) is 76.6 Å². The van der Waals surface area contributed by atoms with Crippen LogP contribution in [0, 0.1) is 0 Å². The van der Waals surface area contributed by atoms with Gasteiger partial charge < -0.3 is 9.67 Å². The lowest BCUT2D eigenvalue weighted by Crippen LogP contribution is -2.47. The van der Waals surface area contributed by atoms with Crippen LogP contribution in [0.2, 0.25) is 0 Å². The smallest absolute Gasteiger partial charge is 0.245 e. The number of rotatable bonds is 4. The van der Waals surface area contributed by atoms with Crippen LogP contribution in [0.25, 0.3) is 0 Å². The van der Waals surface area contributed by atoms with Gasteiger partial charge in [0.15, 0.2) is 0 Å². The minimum absolute atomic E-state index is 0.0266. The minimum atomic E-state index is -3.50.